The molecule has 0 bridgehead atoms. The van der Waals surface area contributed by atoms with Crippen molar-refractivity contribution in [2.75, 3.05) is 11.2 Å². The molecule has 3 aromatic heterocycles. The van der Waals surface area contributed by atoms with E-state index in [1.807, 2.05) is 13.0 Å². The molecule has 0 saturated carbocycles. The summed E-state index contributed by atoms with van der Waals surface area (Å²) < 4.78 is 14.2. The van der Waals surface area contributed by atoms with Crippen molar-refractivity contribution in [1.82, 2.24) is 24.6 Å². The van der Waals surface area contributed by atoms with E-state index in [4.69, 9.17) is 5.84 Å². The van der Waals surface area contributed by atoms with Gasteiger partial charge in [-0.2, -0.15) is 0 Å². The third-order valence-corrected chi connectivity index (χ3v) is 2.89. The highest BCUT2D eigenvalue weighted by molar-refractivity contribution is 5.87. The zero-order chi connectivity index (χ0) is 14.1. The highest BCUT2D eigenvalue weighted by Gasteiger charge is 2.13. The van der Waals surface area contributed by atoms with Crippen molar-refractivity contribution in [2.24, 2.45) is 0 Å². The Morgan fingerprint density at radius 3 is 2.75 bits per heavy atom. The molecule has 3 heterocycles. The molecule has 1 unspecified atom stereocenters. The standard InChI is InChI=1S/C12H12FN7/c1-7(10-15-4-8(13)5-16-10)19-11-9-2-3-20(14)12(9)18-6-17-11/h2-7H,14H2,1H3,(H,17,18,19). The van der Waals surface area contributed by atoms with Crippen molar-refractivity contribution in [3.8, 4) is 0 Å². The molecular weight excluding hydrogens is 261 g/mol. The topological polar surface area (TPSA) is 94.5 Å². The zero-order valence-corrected chi connectivity index (χ0v) is 10.7. The minimum Gasteiger partial charge on any atom is -0.360 e. The molecular formula is C12H12FN7. The van der Waals surface area contributed by atoms with Gasteiger partial charge in [-0.25, -0.2) is 24.3 Å². The first-order valence-corrected chi connectivity index (χ1v) is 5.96. The van der Waals surface area contributed by atoms with Crippen LogP contribution >= 0.6 is 0 Å². The van der Waals surface area contributed by atoms with Gasteiger partial charge in [0.25, 0.3) is 0 Å². The summed E-state index contributed by atoms with van der Waals surface area (Å²) >= 11 is 0. The van der Waals surface area contributed by atoms with Crippen LogP contribution in [0.15, 0.2) is 31.0 Å². The lowest BCUT2D eigenvalue weighted by atomic mass is 10.3. The van der Waals surface area contributed by atoms with Gasteiger partial charge in [0, 0.05) is 6.20 Å². The van der Waals surface area contributed by atoms with Crippen LogP contribution in [0.2, 0.25) is 0 Å². The Hall–Kier alpha value is -2.77. The zero-order valence-electron chi connectivity index (χ0n) is 10.7. The van der Waals surface area contributed by atoms with Crippen LogP contribution in [0, 0.1) is 5.82 Å². The number of fused-ring (bicyclic) bond motifs is 1. The number of aromatic nitrogens is 5. The van der Waals surface area contributed by atoms with Gasteiger partial charge in [0.1, 0.15) is 18.0 Å². The Morgan fingerprint density at radius 2 is 2.00 bits per heavy atom. The van der Waals surface area contributed by atoms with Gasteiger partial charge in [0.15, 0.2) is 11.5 Å². The smallest absolute Gasteiger partial charge is 0.163 e. The third kappa shape index (κ3) is 2.11. The number of nitrogens with two attached hydrogens (primary N) is 1. The summed E-state index contributed by atoms with van der Waals surface area (Å²) in [5.41, 5.74) is 0.620. The van der Waals surface area contributed by atoms with Crippen LogP contribution in [0.4, 0.5) is 10.2 Å². The largest absolute Gasteiger partial charge is 0.360 e. The molecule has 102 valence electrons. The van der Waals surface area contributed by atoms with Crippen molar-refractivity contribution in [2.45, 2.75) is 13.0 Å². The fourth-order valence-corrected chi connectivity index (χ4v) is 1.90. The summed E-state index contributed by atoms with van der Waals surface area (Å²) in [5.74, 6) is 6.37. The van der Waals surface area contributed by atoms with E-state index in [0.717, 1.165) is 17.8 Å². The van der Waals surface area contributed by atoms with Crippen LogP contribution in [0.1, 0.15) is 18.8 Å². The van der Waals surface area contributed by atoms with Crippen LogP contribution < -0.4 is 11.2 Å². The second-order valence-electron chi connectivity index (χ2n) is 4.31. The summed E-state index contributed by atoms with van der Waals surface area (Å²) in [7, 11) is 0. The minimum atomic E-state index is -0.467. The Kier molecular flexibility index (Phi) is 2.90. The highest BCUT2D eigenvalue weighted by atomic mass is 19.1. The molecule has 0 aliphatic rings. The second kappa shape index (κ2) is 4.72. The van der Waals surface area contributed by atoms with E-state index in [9.17, 15) is 4.39 Å². The van der Waals surface area contributed by atoms with Crippen LogP contribution in [0.3, 0.4) is 0 Å². The van der Waals surface area contributed by atoms with E-state index in [0.29, 0.717) is 17.3 Å². The molecule has 0 radical (unpaired) electrons. The van der Waals surface area contributed by atoms with Crippen LogP contribution in [-0.4, -0.2) is 24.6 Å². The normalized spacial score (nSPS) is 12.5. The van der Waals surface area contributed by atoms with Gasteiger partial charge in [-0.05, 0) is 13.0 Å². The number of anilines is 1. The molecule has 1 atom stereocenters. The number of nitrogens with zero attached hydrogens (tertiary/aromatic N) is 5. The monoisotopic (exact) mass is 273 g/mol. The Bertz CT molecular complexity index is 737. The molecule has 0 amide bonds. The lowest BCUT2D eigenvalue weighted by Gasteiger charge is -2.13. The van der Waals surface area contributed by atoms with Gasteiger partial charge in [-0.15, -0.1) is 0 Å². The molecule has 0 aromatic carbocycles. The van der Waals surface area contributed by atoms with Gasteiger partial charge in [0.05, 0.1) is 23.8 Å². The Balaban J connectivity index is 1.91. The van der Waals surface area contributed by atoms with E-state index in [1.54, 1.807) is 6.20 Å². The van der Waals surface area contributed by atoms with Crippen LogP contribution in [0.5, 0.6) is 0 Å². The first-order valence-electron chi connectivity index (χ1n) is 5.96. The molecule has 3 N–H and O–H groups in total. The molecule has 20 heavy (non-hydrogen) atoms. The number of hydrogen-bond donors (Lipinski definition) is 2. The SMILES string of the molecule is CC(Nc1ncnc2c1ccn2N)c1ncc(F)cn1. The lowest BCUT2D eigenvalue weighted by Crippen LogP contribution is -2.12. The molecule has 0 aliphatic heterocycles. The van der Waals surface area contributed by atoms with Crippen LogP contribution in [-0.2, 0) is 0 Å². The number of nitrogen functional groups attached to an aromatic ring is 1. The first kappa shape index (κ1) is 12.3. The predicted molar refractivity (Wildman–Crippen MR) is 71.7 cm³/mol. The van der Waals surface area contributed by atoms with E-state index < -0.39 is 5.82 Å². The number of nitrogens with one attached hydrogen (secondary N) is 1. The first-order chi connectivity index (χ1) is 9.65. The average Bonchev–Trinajstić information content (AvgIpc) is 2.82. The van der Waals surface area contributed by atoms with Crippen molar-refractivity contribution >= 4 is 16.9 Å². The molecule has 3 aromatic rings. The van der Waals surface area contributed by atoms with Gasteiger partial charge in [0.2, 0.25) is 0 Å². The molecule has 7 nitrogen and oxygen atoms in total. The fourth-order valence-electron chi connectivity index (χ4n) is 1.90. The minimum absolute atomic E-state index is 0.227. The molecule has 0 saturated heterocycles. The summed E-state index contributed by atoms with van der Waals surface area (Å²) in [4.78, 5) is 16.2. The molecule has 8 heteroatoms. The maximum absolute atomic E-state index is 12.8. The van der Waals surface area contributed by atoms with Crippen molar-refractivity contribution in [3.05, 3.63) is 42.6 Å². The van der Waals surface area contributed by atoms with Crippen molar-refractivity contribution < 1.29 is 4.39 Å². The average molecular weight is 273 g/mol. The Morgan fingerprint density at radius 1 is 1.25 bits per heavy atom. The maximum atomic E-state index is 12.8. The van der Waals surface area contributed by atoms with Gasteiger partial charge in [-0.1, -0.05) is 0 Å². The summed E-state index contributed by atoms with van der Waals surface area (Å²) in [5, 5.41) is 3.96. The summed E-state index contributed by atoms with van der Waals surface area (Å²) in [6.07, 6.45) is 5.38. The molecule has 3 rings (SSSR count). The number of rotatable bonds is 3. The summed E-state index contributed by atoms with van der Waals surface area (Å²) in [6, 6.07) is 1.59. The third-order valence-electron chi connectivity index (χ3n) is 2.89. The molecule has 0 aliphatic carbocycles. The van der Waals surface area contributed by atoms with Gasteiger partial charge in [-0.3, -0.25) is 4.68 Å². The second-order valence-corrected chi connectivity index (χ2v) is 4.31. The van der Waals surface area contributed by atoms with Crippen molar-refractivity contribution in [1.29, 1.82) is 0 Å². The van der Waals surface area contributed by atoms with Gasteiger partial charge >= 0.3 is 0 Å². The highest BCUT2D eigenvalue weighted by Crippen LogP contribution is 2.22. The maximum Gasteiger partial charge on any atom is 0.163 e. The van der Waals surface area contributed by atoms with E-state index >= 15 is 0 Å². The lowest BCUT2D eigenvalue weighted by molar-refractivity contribution is 0.604. The van der Waals surface area contributed by atoms with E-state index in [2.05, 4.69) is 25.3 Å². The fraction of sp³-hybridized carbons (Fsp3) is 0.167. The van der Waals surface area contributed by atoms with Crippen molar-refractivity contribution in [3.63, 3.8) is 0 Å². The predicted octanol–water partition coefficient (Wildman–Crippen LogP) is 1.25. The van der Waals surface area contributed by atoms with E-state index in [-0.39, 0.29) is 6.04 Å². The number of halogens is 1. The van der Waals surface area contributed by atoms with Crippen LogP contribution in [0.25, 0.3) is 11.0 Å². The quantitative estimate of drug-likeness (QED) is 0.697. The Labute approximate surface area is 113 Å². The number of hydrogen-bond acceptors (Lipinski definition) is 6. The molecule has 0 fully saturated rings. The van der Waals surface area contributed by atoms with Gasteiger partial charge < -0.3 is 11.2 Å². The molecule has 0 spiro atoms. The summed E-state index contributed by atoms with van der Waals surface area (Å²) in [6.45, 7) is 1.86. The van der Waals surface area contributed by atoms with E-state index in [1.165, 1.54) is 11.0 Å².